The van der Waals surface area contributed by atoms with Crippen molar-refractivity contribution < 1.29 is 14.5 Å². The van der Waals surface area contributed by atoms with E-state index in [1.807, 2.05) is 0 Å². The number of amides is 1. The minimum Gasteiger partial charge on any atom is -0.495 e. The topological polar surface area (TPSA) is 135 Å². The largest absolute Gasteiger partial charge is 0.495 e. The third-order valence-electron chi connectivity index (χ3n) is 5.21. The fraction of sp³-hybridized carbons (Fsp3) is 0.316. The molecule has 1 aromatic carbocycles. The summed E-state index contributed by atoms with van der Waals surface area (Å²) >= 11 is 0. The van der Waals surface area contributed by atoms with Crippen LogP contribution in [0.4, 0.5) is 17.1 Å². The standard InChI is InChI=1S/C19H21N5O4/c1-28-16-6-7-21-14(16)9-12-17-13(23-19(12)25)4-5-15(24(26)27)18(17)22-11-3-2-10(20)8-11/h4-7,9-11,21-22H,2-3,8,20H2,1H3,(H,23,25)/b12-9-/t10-,11-/m0/s1. The van der Waals surface area contributed by atoms with E-state index in [0.29, 0.717) is 34.0 Å². The molecule has 0 radical (unpaired) electrons. The Kier molecular flexibility index (Phi) is 4.52. The van der Waals surface area contributed by atoms with Gasteiger partial charge in [-0.15, -0.1) is 0 Å². The van der Waals surface area contributed by atoms with Gasteiger partial charge in [-0.3, -0.25) is 14.9 Å². The highest BCUT2D eigenvalue weighted by Gasteiger charge is 2.34. The Hall–Kier alpha value is -3.33. The number of aromatic amines is 1. The van der Waals surface area contributed by atoms with Crippen molar-refractivity contribution in [2.75, 3.05) is 17.7 Å². The molecule has 1 aromatic heterocycles. The number of carbonyl (C=O) groups excluding carboxylic acids is 1. The Balaban J connectivity index is 1.83. The molecule has 2 heterocycles. The minimum atomic E-state index is -0.437. The van der Waals surface area contributed by atoms with Crippen molar-refractivity contribution in [1.29, 1.82) is 0 Å². The maximum absolute atomic E-state index is 12.6. The number of nitrogens with zero attached hydrogens (tertiary/aromatic N) is 1. The van der Waals surface area contributed by atoms with Crippen LogP contribution in [0.3, 0.4) is 0 Å². The lowest BCUT2D eigenvalue weighted by Crippen LogP contribution is -2.21. The van der Waals surface area contributed by atoms with Gasteiger partial charge in [0.05, 0.1) is 29.0 Å². The molecule has 0 saturated heterocycles. The number of hydrogen-bond acceptors (Lipinski definition) is 6. The Morgan fingerprint density at radius 3 is 2.86 bits per heavy atom. The zero-order valence-corrected chi connectivity index (χ0v) is 15.3. The lowest BCUT2D eigenvalue weighted by atomic mass is 10.0. The van der Waals surface area contributed by atoms with Gasteiger partial charge in [0.25, 0.3) is 11.6 Å². The van der Waals surface area contributed by atoms with E-state index >= 15 is 0 Å². The lowest BCUT2D eigenvalue weighted by molar-refractivity contribution is -0.384. The molecular weight excluding hydrogens is 362 g/mol. The summed E-state index contributed by atoms with van der Waals surface area (Å²) < 4.78 is 5.29. The van der Waals surface area contributed by atoms with E-state index in [1.165, 1.54) is 13.2 Å². The zero-order valence-electron chi connectivity index (χ0n) is 15.3. The third-order valence-corrected chi connectivity index (χ3v) is 5.21. The fourth-order valence-corrected chi connectivity index (χ4v) is 3.87. The molecule has 0 spiro atoms. The molecule has 146 valence electrons. The number of aromatic nitrogens is 1. The van der Waals surface area contributed by atoms with Crippen LogP contribution in [0.2, 0.25) is 0 Å². The Bertz CT molecular complexity index is 981. The number of nitro benzene ring substituents is 1. The maximum Gasteiger partial charge on any atom is 0.293 e. The van der Waals surface area contributed by atoms with Gasteiger partial charge in [0.2, 0.25) is 0 Å². The molecule has 0 bridgehead atoms. The molecular formula is C19H21N5O4. The first kappa shape index (κ1) is 18.1. The van der Waals surface area contributed by atoms with E-state index in [2.05, 4.69) is 15.6 Å². The number of H-pyrrole nitrogens is 1. The molecule has 2 aromatic rings. The van der Waals surface area contributed by atoms with Crippen LogP contribution in [-0.2, 0) is 4.79 Å². The van der Waals surface area contributed by atoms with Crippen LogP contribution < -0.4 is 21.1 Å². The van der Waals surface area contributed by atoms with Crippen LogP contribution in [0.5, 0.6) is 5.75 Å². The number of fused-ring (bicyclic) bond motifs is 1. The zero-order chi connectivity index (χ0) is 19.8. The number of benzene rings is 1. The van der Waals surface area contributed by atoms with E-state index in [9.17, 15) is 14.9 Å². The Labute approximate surface area is 161 Å². The van der Waals surface area contributed by atoms with Gasteiger partial charge < -0.3 is 26.1 Å². The van der Waals surface area contributed by atoms with Gasteiger partial charge >= 0.3 is 0 Å². The molecule has 4 rings (SSSR count). The van der Waals surface area contributed by atoms with Crippen molar-refractivity contribution >= 4 is 34.6 Å². The number of methoxy groups -OCH3 is 1. The molecule has 2 aliphatic rings. The predicted octanol–water partition coefficient (Wildman–Crippen LogP) is 2.72. The monoisotopic (exact) mass is 383 g/mol. The Morgan fingerprint density at radius 2 is 2.18 bits per heavy atom. The van der Waals surface area contributed by atoms with Gasteiger partial charge in [0.1, 0.15) is 11.4 Å². The van der Waals surface area contributed by atoms with Crippen LogP contribution in [0.25, 0.3) is 11.6 Å². The van der Waals surface area contributed by atoms with Gasteiger partial charge in [-0.25, -0.2) is 0 Å². The number of hydrogen-bond donors (Lipinski definition) is 4. The van der Waals surface area contributed by atoms with Gasteiger partial charge in [0, 0.05) is 29.9 Å². The molecule has 1 aliphatic heterocycles. The predicted molar refractivity (Wildman–Crippen MR) is 106 cm³/mol. The maximum atomic E-state index is 12.6. The lowest BCUT2D eigenvalue weighted by Gasteiger charge is -2.17. The molecule has 0 unspecified atom stereocenters. The minimum absolute atomic E-state index is 0.0252. The van der Waals surface area contributed by atoms with Crippen molar-refractivity contribution in [3.05, 3.63) is 45.8 Å². The summed E-state index contributed by atoms with van der Waals surface area (Å²) in [6.45, 7) is 0. The van der Waals surface area contributed by atoms with Crippen LogP contribution in [0.1, 0.15) is 30.5 Å². The summed E-state index contributed by atoms with van der Waals surface area (Å²) in [5.74, 6) is 0.258. The molecule has 28 heavy (non-hydrogen) atoms. The summed E-state index contributed by atoms with van der Waals surface area (Å²) in [7, 11) is 1.54. The first-order chi connectivity index (χ1) is 13.5. The van der Waals surface area contributed by atoms with Crippen LogP contribution in [0, 0.1) is 10.1 Å². The van der Waals surface area contributed by atoms with E-state index in [-0.39, 0.29) is 23.7 Å². The van der Waals surface area contributed by atoms with E-state index in [0.717, 1.165) is 19.3 Å². The number of nitro groups is 1. The highest BCUT2D eigenvalue weighted by atomic mass is 16.6. The summed E-state index contributed by atoms with van der Waals surface area (Å²) in [5, 5.41) is 17.7. The van der Waals surface area contributed by atoms with Gasteiger partial charge in [-0.05, 0) is 37.5 Å². The summed E-state index contributed by atoms with van der Waals surface area (Å²) in [6, 6.07) is 4.81. The average molecular weight is 383 g/mol. The number of nitrogens with two attached hydrogens (primary N) is 1. The van der Waals surface area contributed by atoms with Gasteiger partial charge in [-0.2, -0.15) is 0 Å². The van der Waals surface area contributed by atoms with Crippen molar-refractivity contribution in [1.82, 2.24) is 4.98 Å². The number of nitrogens with one attached hydrogen (secondary N) is 3. The molecule has 5 N–H and O–H groups in total. The molecule has 1 fully saturated rings. The second-order valence-corrected chi connectivity index (χ2v) is 7.03. The van der Waals surface area contributed by atoms with E-state index in [4.69, 9.17) is 10.5 Å². The summed E-state index contributed by atoms with van der Waals surface area (Å²) in [6.07, 6.45) is 5.76. The summed E-state index contributed by atoms with van der Waals surface area (Å²) in [4.78, 5) is 26.9. The molecule has 1 saturated carbocycles. The third kappa shape index (κ3) is 3.09. The second kappa shape index (κ2) is 7.01. The molecule has 9 nitrogen and oxygen atoms in total. The molecule has 9 heteroatoms. The van der Waals surface area contributed by atoms with E-state index in [1.54, 1.807) is 24.4 Å². The van der Waals surface area contributed by atoms with Gasteiger partial charge in [-0.1, -0.05) is 0 Å². The molecule has 1 amide bonds. The molecule has 1 aliphatic carbocycles. The molecule has 2 atom stereocenters. The van der Waals surface area contributed by atoms with Crippen LogP contribution >= 0.6 is 0 Å². The average Bonchev–Trinajstić information content (AvgIpc) is 3.35. The van der Waals surface area contributed by atoms with E-state index < -0.39 is 4.92 Å². The highest BCUT2D eigenvalue weighted by molar-refractivity contribution is 6.36. The van der Waals surface area contributed by atoms with Crippen molar-refractivity contribution in [2.45, 2.75) is 31.3 Å². The Morgan fingerprint density at radius 1 is 1.36 bits per heavy atom. The first-order valence-corrected chi connectivity index (χ1v) is 9.06. The number of carbonyl (C=O) groups is 1. The normalized spacial score (nSPS) is 22.2. The summed E-state index contributed by atoms with van der Waals surface area (Å²) in [5.41, 5.74) is 8.25. The quantitative estimate of drug-likeness (QED) is 0.356. The van der Waals surface area contributed by atoms with Crippen molar-refractivity contribution in [3.63, 3.8) is 0 Å². The number of ether oxygens (including phenoxy) is 1. The SMILES string of the molecule is COc1cc[nH]c1/C=C1\C(=O)Nc2ccc([N+](=O)[O-])c(N[C@H]3CC[C@H](N)C3)c21. The number of anilines is 2. The fourth-order valence-electron chi connectivity index (χ4n) is 3.87. The first-order valence-electron chi connectivity index (χ1n) is 9.06. The number of rotatable bonds is 5. The van der Waals surface area contributed by atoms with Crippen LogP contribution in [-0.4, -0.2) is 35.0 Å². The smallest absolute Gasteiger partial charge is 0.293 e. The van der Waals surface area contributed by atoms with Crippen LogP contribution in [0.15, 0.2) is 24.4 Å². The second-order valence-electron chi connectivity index (χ2n) is 7.03. The van der Waals surface area contributed by atoms with Crippen molar-refractivity contribution in [3.8, 4) is 5.75 Å². The van der Waals surface area contributed by atoms with Gasteiger partial charge in [0.15, 0.2) is 0 Å². The van der Waals surface area contributed by atoms with Crippen molar-refractivity contribution in [2.24, 2.45) is 5.73 Å². The highest BCUT2D eigenvalue weighted by Crippen LogP contribution is 2.44.